The van der Waals surface area contributed by atoms with E-state index < -0.39 is 0 Å². The van der Waals surface area contributed by atoms with Crippen molar-refractivity contribution >= 4 is 11.8 Å². The maximum atomic E-state index is 8.16. The molecule has 24 heavy (non-hydrogen) atoms. The summed E-state index contributed by atoms with van der Waals surface area (Å²) in [5, 5.41) is 8.16. The van der Waals surface area contributed by atoms with Crippen molar-refractivity contribution in [1.82, 2.24) is 4.90 Å². The Morgan fingerprint density at radius 3 is 2.50 bits per heavy atom. The highest BCUT2D eigenvalue weighted by Gasteiger charge is 2.14. The first-order valence-electron chi connectivity index (χ1n) is 9.08. The molecule has 0 saturated heterocycles. The molecule has 1 aliphatic carbocycles. The Morgan fingerprint density at radius 1 is 1.12 bits per heavy atom. The quantitative estimate of drug-likeness (QED) is 0.687. The standard InChI is InChI=1S/C22H30N2/c1-4-24(5-2)18(3)11-12-20-14-16-22(23)21(17-20)15-13-19-9-7-6-8-10-19/h6-10,13-18,21,23H,4-5,11-12H2,1-3H3. The van der Waals surface area contributed by atoms with Gasteiger partial charge in [0.05, 0.1) is 0 Å². The van der Waals surface area contributed by atoms with Crippen molar-refractivity contribution in [2.24, 2.45) is 5.92 Å². The van der Waals surface area contributed by atoms with Crippen LogP contribution in [0, 0.1) is 11.3 Å². The van der Waals surface area contributed by atoms with E-state index in [-0.39, 0.29) is 5.92 Å². The van der Waals surface area contributed by atoms with Gasteiger partial charge in [0.25, 0.3) is 0 Å². The highest BCUT2D eigenvalue weighted by molar-refractivity contribution is 5.98. The van der Waals surface area contributed by atoms with Crippen LogP contribution in [0.3, 0.4) is 0 Å². The number of nitrogens with zero attached hydrogens (tertiary/aromatic N) is 1. The summed E-state index contributed by atoms with van der Waals surface area (Å²) in [5.74, 6) is 0.0916. The second-order valence-corrected chi connectivity index (χ2v) is 6.43. The zero-order valence-corrected chi connectivity index (χ0v) is 15.2. The Labute approximate surface area is 147 Å². The van der Waals surface area contributed by atoms with E-state index in [2.05, 4.69) is 62.1 Å². The van der Waals surface area contributed by atoms with E-state index in [0.717, 1.165) is 19.5 Å². The second-order valence-electron chi connectivity index (χ2n) is 6.43. The molecule has 1 N–H and O–H groups in total. The van der Waals surface area contributed by atoms with Crippen LogP contribution in [0.5, 0.6) is 0 Å². The van der Waals surface area contributed by atoms with Crippen molar-refractivity contribution in [3.05, 3.63) is 65.8 Å². The summed E-state index contributed by atoms with van der Waals surface area (Å²) < 4.78 is 0. The highest BCUT2D eigenvalue weighted by Crippen LogP contribution is 2.21. The summed E-state index contributed by atoms with van der Waals surface area (Å²) in [6.45, 7) is 8.99. The molecule has 0 heterocycles. The molecule has 2 heteroatoms. The lowest BCUT2D eigenvalue weighted by molar-refractivity contribution is 0.221. The van der Waals surface area contributed by atoms with Gasteiger partial charge in [-0.1, -0.05) is 74.1 Å². The molecule has 2 unspecified atom stereocenters. The van der Waals surface area contributed by atoms with E-state index in [1.165, 1.54) is 17.6 Å². The molecule has 0 aromatic heterocycles. The Bertz CT molecular complexity index is 606. The largest absolute Gasteiger partial charge is 0.304 e. The summed E-state index contributed by atoms with van der Waals surface area (Å²) in [4.78, 5) is 2.50. The Morgan fingerprint density at radius 2 is 1.83 bits per heavy atom. The van der Waals surface area contributed by atoms with Crippen molar-refractivity contribution in [1.29, 1.82) is 5.41 Å². The van der Waals surface area contributed by atoms with Crippen LogP contribution in [-0.2, 0) is 0 Å². The predicted octanol–water partition coefficient (Wildman–Crippen LogP) is 5.34. The molecule has 0 aliphatic heterocycles. The molecule has 2 nitrogen and oxygen atoms in total. The molecular weight excluding hydrogens is 292 g/mol. The fourth-order valence-corrected chi connectivity index (χ4v) is 3.19. The SMILES string of the molecule is CCN(CC)C(C)CCC1=CC(C=Cc2ccccc2)C(=N)C=C1. The fraction of sp³-hybridized carbons (Fsp3) is 0.409. The van der Waals surface area contributed by atoms with Gasteiger partial charge in [0.15, 0.2) is 0 Å². The van der Waals surface area contributed by atoms with Crippen molar-refractivity contribution in [3.63, 3.8) is 0 Å². The van der Waals surface area contributed by atoms with Crippen molar-refractivity contribution < 1.29 is 0 Å². The van der Waals surface area contributed by atoms with Gasteiger partial charge < -0.3 is 10.3 Å². The third-order valence-corrected chi connectivity index (χ3v) is 4.81. The Hall–Kier alpha value is -1.93. The maximum absolute atomic E-state index is 8.16. The number of nitrogens with one attached hydrogen (secondary N) is 1. The second kappa shape index (κ2) is 9.39. The van der Waals surface area contributed by atoms with Crippen LogP contribution in [0.1, 0.15) is 39.2 Å². The molecule has 0 spiro atoms. The third kappa shape index (κ3) is 5.31. The lowest BCUT2D eigenvalue weighted by atomic mass is 9.90. The lowest BCUT2D eigenvalue weighted by Gasteiger charge is -2.26. The van der Waals surface area contributed by atoms with Crippen molar-refractivity contribution in [2.75, 3.05) is 13.1 Å². The molecule has 0 bridgehead atoms. The number of allylic oxidation sites excluding steroid dienone is 5. The van der Waals surface area contributed by atoms with E-state index >= 15 is 0 Å². The normalized spacial score (nSPS) is 19.1. The first-order chi connectivity index (χ1) is 11.6. The van der Waals surface area contributed by atoms with Crippen molar-refractivity contribution in [3.8, 4) is 0 Å². The molecule has 1 aromatic carbocycles. The minimum Gasteiger partial charge on any atom is -0.304 e. The fourth-order valence-electron chi connectivity index (χ4n) is 3.19. The zero-order valence-electron chi connectivity index (χ0n) is 15.2. The van der Waals surface area contributed by atoms with Crippen LogP contribution in [0.15, 0.2) is 60.2 Å². The van der Waals surface area contributed by atoms with Crippen LogP contribution >= 0.6 is 0 Å². The first-order valence-corrected chi connectivity index (χ1v) is 9.08. The van der Waals surface area contributed by atoms with Gasteiger partial charge in [-0.25, -0.2) is 0 Å². The van der Waals surface area contributed by atoms with Gasteiger partial charge in [0.2, 0.25) is 0 Å². The van der Waals surface area contributed by atoms with Gasteiger partial charge in [0, 0.05) is 17.7 Å². The van der Waals surface area contributed by atoms with Gasteiger partial charge in [-0.2, -0.15) is 0 Å². The van der Waals surface area contributed by atoms with Gasteiger partial charge in [0.1, 0.15) is 0 Å². The van der Waals surface area contributed by atoms with Crippen LogP contribution in [0.25, 0.3) is 6.08 Å². The molecule has 2 rings (SSSR count). The Balaban J connectivity index is 1.97. The third-order valence-electron chi connectivity index (χ3n) is 4.81. The monoisotopic (exact) mass is 322 g/mol. The average Bonchev–Trinajstić information content (AvgIpc) is 2.62. The molecular formula is C22H30N2. The summed E-state index contributed by atoms with van der Waals surface area (Å²) >= 11 is 0. The molecule has 1 aromatic rings. The van der Waals surface area contributed by atoms with E-state index in [4.69, 9.17) is 5.41 Å². The smallest absolute Gasteiger partial charge is 0.0420 e. The number of rotatable bonds is 8. The minimum absolute atomic E-state index is 0.0916. The number of benzene rings is 1. The molecule has 0 amide bonds. The summed E-state index contributed by atoms with van der Waals surface area (Å²) in [6.07, 6.45) is 12.8. The van der Waals surface area contributed by atoms with Crippen LogP contribution in [0.2, 0.25) is 0 Å². The van der Waals surface area contributed by atoms with E-state index in [1.54, 1.807) is 0 Å². The van der Waals surface area contributed by atoms with E-state index in [0.29, 0.717) is 11.8 Å². The molecule has 128 valence electrons. The first kappa shape index (κ1) is 18.4. The average molecular weight is 322 g/mol. The predicted molar refractivity (Wildman–Crippen MR) is 106 cm³/mol. The lowest BCUT2D eigenvalue weighted by Crippen LogP contribution is -2.32. The summed E-state index contributed by atoms with van der Waals surface area (Å²) in [6, 6.07) is 10.9. The van der Waals surface area contributed by atoms with Crippen LogP contribution in [-0.4, -0.2) is 29.7 Å². The molecule has 0 saturated carbocycles. The molecule has 2 atom stereocenters. The van der Waals surface area contributed by atoms with Crippen molar-refractivity contribution in [2.45, 2.75) is 39.7 Å². The van der Waals surface area contributed by atoms with E-state index in [9.17, 15) is 0 Å². The zero-order chi connectivity index (χ0) is 17.4. The molecule has 1 aliphatic rings. The molecule has 0 fully saturated rings. The molecule has 0 radical (unpaired) electrons. The van der Waals surface area contributed by atoms with E-state index in [1.807, 2.05) is 24.3 Å². The number of hydrogen-bond donors (Lipinski definition) is 1. The number of hydrogen-bond acceptors (Lipinski definition) is 2. The Kier molecular flexibility index (Phi) is 7.20. The maximum Gasteiger partial charge on any atom is 0.0420 e. The minimum atomic E-state index is 0.0916. The van der Waals surface area contributed by atoms with Gasteiger partial charge >= 0.3 is 0 Å². The van der Waals surface area contributed by atoms with Gasteiger partial charge in [-0.3, -0.25) is 0 Å². The van der Waals surface area contributed by atoms with Crippen LogP contribution in [0.4, 0.5) is 0 Å². The van der Waals surface area contributed by atoms with Gasteiger partial charge in [-0.15, -0.1) is 0 Å². The summed E-state index contributed by atoms with van der Waals surface area (Å²) in [7, 11) is 0. The van der Waals surface area contributed by atoms with Crippen LogP contribution < -0.4 is 0 Å². The topological polar surface area (TPSA) is 27.1 Å². The highest BCUT2D eigenvalue weighted by atomic mass is 15.1. The van der Waals surface area contributed by atoms with Gasteiger partial charge in [-0.05, 0) is 44.5 Å². The summed E-state index contributed by atoms with van der Waals surface area (Å²) in [5.41, 5.74) is 3.21.